The molecule has 1 heterocycles. The van der Waals surface area contributed by atoms with Gasteiger partial charge in [0.05, 0.1) is 22.6 Å². The van der Waals surface area contributed by atoms with Crippen molar-refractivity contribution in [2.75, 3.05) is 17.2 Å². The Morgan fingerprint density at radius 1 is 1.26 bits per heavy atom. The maximum atomic E-state index is 12.5. The van der Waals surface area contributed by atoms with Crippen LogP contribution in [0.3, 0.4) is 0 Å². The van der Waals surface area contributed by atoms with Gasteiger partial charge in [-0.3, -0.25) is 9.48 Å². The number of nitrogens with zero attached hydrogens (tertiary/aromatic N) is 2. The van der Waals surface area contributed by atoms with E-state index in [4.69, 9.17) is 4.74 Å². The van der Waals surface area contributed by atoms with Crippen LogP contribution in [0.2, 0.25) is 0 Å². The van der Waals surface area contributed by atoms with Gasteiger partial charge in [0.2, 0.25) is 0 Å². The van der Waals surface area contributed by atoms with Gasteiger partial charge in [-0.05, 0) is 39.3 Å². The highest BCUT2D eigenvalue weighted by molar-refractivity contribution is 6.00. The number of esters is 1. The number of anilines is 2. The van der Waals surface area contributed by atoms with E-state index in [1.54, 1.807) is 23.7 Å². The number of amides is 1. The molecule has 7 heteroatoms. The molecule has 1 unspecified atom stereocenters. The van der Waals surface area contributed by atoms with E-state index in [1.807, 2.05) is 33.0 Å². The second-order valence-electron chi connectivity index (χ2n) is 6.53. The van der Waals surface area contributed by atoms with Crippen LogP contribution in [0.5, 0.6) is 0 Å². The molecule has 7 nitrogen and oxygen atoms in total. The fourth-order valence-electron chi connectivity index (χ4n) is 2.67. The van der Waals surface area contributed by atoms with Crippen LogP contribution in [0.25, 0.3) is 0 Å². The number of hydrogen-bond acceptors (Lipinski definition) is 5. The number of nitrogens with one attached hydrogen (secondary N) is 2. The Bertz CT molecular complexity index is 814. The number of carbonyl (C=O) groups excluding carboxylic acids is 2. The SMILES string of the molecule is CCCCNc1ccccc1C(=O)OC(C)C(=O)Nc1c(C)nn(C)c1C. The first-order chi connectivity index (χ1) is 12.8. The molecule has 2 aromatic rings. The lowest BCUT2D eigenvalue weighted by Gasteiger charge is -2.16. The van der Waals surface area contributed by atoms with Crippen LogP contribution in [0.1, 0.15) is 48.4 Å². The smallest absolute Gasteiger partial charge is 0.341 e. The van der Waals surface area contributed by atoms with Crippen molar-refractivity contribution in [2.24, 2.45) is 7.05 Å². The molecule has 27 heavy (non-hydrogen) atoms. The zero-order chi connectivity index (χ0) is 20.0. The molecule has 0 saturated carbocycles. The first kappa shape index (κ1) is 20.5. The van der Waals surface area contributed by atoms with Crippen LogP contribution >= 0.6 is 0 Å². The van der Waals surface area contributed by atoms with Crippen molar-refractivity contribution < 1.29 is 14.3 Å². The molecular weight excluding hydrogens is 344 g/mol. The molecule has 0 saturated heterocycles. The molecule has 0 aliphatic carbocycles. The Labute approximate surface area is 160 Å². The predicted molar refractivity (Wildman–Crippen MR) is 106 cm³/mol. The number of carbonyl (C=O) groups is 2. The quantitative estimate of drug-likeness (QED) is 0.548. The van der Waals surface area contributed by atoms with Gasteiger partial charge in [-0.1, -0.05) is 25.5 Å². The third-order valence-corrected chi connectivity index (χ3v) is 4.40. The summed E-state index contributed by atoms with van der Waals surface area (Å²) in [6, 6.07) is 7.15. The van der Waals surface area contributed by atoms with Crippen LogP contribution in [0, 0.1) is 13.8 Å². The maximum absolute atomic E-state index is 12.5. The number of unbranched alkanes of at least 4 members (excludes halogenated alkanes) is 1. The summed E-state index contributed by atoms with van der Waals surface area (Å²) < 4.78 is 7.08. The zero-order valence-electron chi connectivity index (χ0n) is 16.6. The predicted octanol–water partition coefficient (Wildman–Crippen LogP) is 3.43. The molecule has 0 aliphatic rings. The lowest BCUT2D eigenvalue weighted by atomic mass is 10.1. The number of aryl methyl sites for hydroxylation is 2. The van der Waals surface area contributed by atoms with Gasteiger partial charge in [0, 0.05) is 19.3 Å². The molecule has 2 N–H and O–H groups in total. The van der Waals surface area contributed by atoms with Crippen LogP contribution in [-0.2, 0) is 16.6 Å². The molecule has 0 aliphatic heterocycles. The van der Waals surface area contributed by atoms with Gasteiger partial charge in [0.15, 0.2) is 6.10 Å². The Morgan fingerprint density at radius 3 is 2.59 bits per heavy atom. The van der Waals surface area contributed by atoms with Gasteiger partial charge in [-0.25, -0.2) is 4.79 Å². The maximum Gasteiger partial charge on any atom is 0.341 e. The van der Waals surface area contributed by atoms with Gasteiger partial charge in [-0.15, -0.1) is 0 Å². The summed E-state index contributed by atoms with van der Waals surface area (Å²) >= 11 is 0. The molecule has 1 atom stereocenters. The normalized spacial score (nSPS) is 11.7. The first-order valence-electron chi connectivity index (χ1n) is 9.20. The number of rotatable bonds is 8. The second kappa shape index (κ2) is 9.21. The first-order valence-corrected chi connectivity index (χ1v) is 9.20. The van der Waals surface area contributed by atoms with Crippen LogP contribution in [0.4, 0.5) is 11.4 Å². The van der Waals surface area contributed by atoms with E-state index in [-0.39, 0.29) is 5.91 Å². The van der Waals surface area contributed by atoms with Gasteiger partial charge < -0.3 is 15.4 Å². The zero-order valence-corrected chi connectivity index (χ0v) is 16.6. The molecule has 0 bridgehead atoms. The fraction of sp³-hybridized carbons (Fsp3) is 0.450. The summed E-state index contributed by atoms with van der Waals surface area (Å²) in [5.74, 6) is -0.921. The van der Waals surface area contributed by atoms with Gasteiger partial charge in [0.1, 0.15) is 0 Å². The summed E-state index contributed by atoms with van der Waals surface area (Å²) in [5.41, 5.74) is 3.33. The number of aromatic nitrogens is 2. The molecule has 0 fully saturated rings. The lowest BCUT2D eigenvalue weighted by molar-refractivity contribution is -0.123. The highest BCUT2D eigenvalue weighted by Gasteiger charge is 2.22. The molecular formula is C20H28N4O3. The van der Waals surface area contributed by atoms with Crippen molar-refractivity contribution in [3.05, 3.63) is 41.2 Å². The van der Waals surface area contributed by atoms with Gasteiger partial charge in [0.25, 0.3) is 5.91 Å². The highest BCUT2D eigenvalue weighted by Crippen LogP contribution is 2.20. The highest BCUT2D eigenvalue weighted by atomic mass is 16.5. The average Bonchev–Trinajstić information content (AvgIpc) is 2.88. The monoisotopic (exact) mass is 372 g/mol. The van der Waals surface area contributed by atoms with E-state index in [0.717, 1.165) is 25.1 Å². The van der Waals surface area contributed by atoms with Crippen molar-refractivity contribution in [3.8, 4) is 0 Å². The second-order valence-corrected chi connectivity index (χ2v) is 6.53. The number of para-hydroxylation sites is 1. The Hall–Kier alpha value is -2.83. The fourth-order valence-corrected chi connectivity index (χ4v) is 2.67. The van der Waals surface area contributed by atoms with Crippen LogP contribution in [0.15, 0.2) is 24.3 Å². The molecule has 146 valence electrons. The number of benzene rings is 1. The molecule has 0 radical (unpaired) electrons. The lowest BCUT2D eigenvalue weighted by Crippen LogP contribution is -2.30. The van der Waals surface area contributed by atoms with E-state index in [2.05, 4.69) is 22.7 Å². The molecule has 1 aromatic heterocycles. The number of hydrogen-bond donors (Lipinski definition) is 2. The van der Waals surface area contributed by atoms with Crippen LogP contribution in [-0.4, -0.2) is 34.3 Å². The minimum Gasteiger partial charge on any atom is -0.449 e. The minimum atomic E-state index is -0.930. The van der Waals surface area contributed by atoms with Crippen LogP contribution < -0.4 is 10.6 Å². The van der Waals surface area contributed by atoms with Crippen molar-refractivity contribution in [2.45, 2.75) is 46.6 Å². The summed E-state index contributed by atoms with van der Waals surface area (Å²) in [6.45, 7) is 8.12. The van der Waals surface area contributed by atoms with E-state index in [9.17, 15) is 9.59 Å². The summed E-state index contributed by atoms with van der Waals surface area (Å²) in [4.78, 5) is 25.0. The summed E-state index contributed by atoms with van der Waals surface area (Å²) in [6.07, 6.45) is 1.14. The van der Waals surface area contributed by atoms with E-state index in [1.165, 1.54) is 0 Å². The van der Waals surface area contributed by atoms with E-state index < -0.39 is 12.1 Å². The minimum absolute atomic E-state index is 0.390. The standard InChI is InChI=1S/C20H28N4O3/c1-6-7-12-21-17-11-9-8-10-16(17)20(26)27-15(4)19(25)22-18-13(2)23-24(5)14(18)3/h8-11,15,21H,6-7,12H2,1-5H3,(H,22,25). The van der Waals surface area contributed by atoms with Crippen molar-refractivity contribution >= 4 is 23.3 Å². The number of ether oxygens (including phenoxy) is 1. The van der Waals surface area contributed by atoms with E-state index in [0.29, 0.717) is 22.6 Å². The summed E-state index contributed by atoms with van der Waals surface area (Å²) in [5, 5.41) is 10.3. The summed E-state index contributed by atoms with van der Waals surface area (Å²) in [7, 11) is 1.81. The Morgan fingerprint density at radius 2 is 1.96 bits per heavy atom. The third kappa shape index (κ3) is 5.09. The molecule has 2 rings (SSSR count). The molecule has 0 spiro atoms. The van der Waals surface area contributed by atoms with Crippen molar-refractivity contribution in [3.63, 3.8) is 0 Å². The third-order valence-electron chi connectivity index (χ3n) is 4.40. The Kier molecular flexibility index (Phi) is 6.98. The molecule has 1 aromatic carbocycles. The van der Waals surface area contributed by atoms with Crippen molar-refractivity contribution in [1.82, 2.24) is 9.78 Å². The largest absolute Gasteiger partial charge is 0.449 e. The Balaban J connectivity index is 2.03. The van der Waals surface area contributed by atoms with Crippen molar-refractivity contribution in [1.29, 1.82) is 0 Å². The van der Waals surface area contributed by atoms with Gasteiger partial charge >= 0.3 is 5.97 Å². The van der Waals surface area contributed by atoms with E-state index >= 15 is 0 Å². The molecule has 1 amide bonds. The van der Waals surface area contributed by atoms with Gasteiger partial charge in [-0.2, -0.15) is 5.10 Å². The average molecular weight is 372 g/mol. The topological polar surface area (TPSA) is 85.2 Å².